The van der Waals surface area contributed by atoms with Gasteiger partial charge in [0.25, 0.3) is 0 Å². The number of nitrogens with one attached hydrogen (secondary N) is 2. The van der Waals surface area contributed by atoms with Crippen LogP contribution in [0.1, 0.15) is 35.9 Å². The number of rotatable bonds is 8. The van der Waals surface area contributed by atoms with E-state index in [0.29, 0.717) is 35.5 Å². The summed E-state index contributed by atoms with van der Waals surface area (Å²) in [6, 6.07) is 9.08. The summed E-state index contributed by atoms with van der Waals surface area (Å²) in [6.45, 7) is 10.5. The normalized spacial score (nSPS) is 20.5. The maximum atomic E-state index is 11.7. The Hall–Kier alpha value is -2.75. The van der Waals surface area contributed by atoms with Gasteiger partial charge in [0.15, 0.2) is 12.1 Å². The average Bonchev–Trinajstić information content (AvgIpc) is 2.87. The van der Waals surface area contributed by atoms with Crippen LogP contribution in [0.2, 0.25) is 0 Å². The summed E-state index contributed by atoms with van der Waals surface area (Å²) in [7, 11) is 2.21. The van der Waals surface area contributed by atoms with Crippen LogP contribution < -0.4 is 20.3 Å². The number of piperazine rings is 1. The molecular weight excluding hydrogens is 442 g/mol. The first-order valence-corrected chi connectivity index (χ1v) is 12.9. The van der Waals surface area contributed by atoms with Crippen LogP contribution in [-0.4, -0.2) is 97.6 Å². The zero-order valence-corrected chi connectivity index (χ0v) is 20.9. The molecule has 9 heteroatoms. The number of aldehydes is 1. The number of hydrogen-bond acceptors (Lipinski definition) is 9. The van der Waals surface area contributed by atoms with E-state index in [1.807, 2.05) is 19.1 Å². The standard InChI is InChI=1S/C26H37N7O2/c1-3-23-26(35-22-16-27-17-22)30-25(24(18-34)29-23)28-19-4-6-20(7-5-19)32-10-8-21(9-11-32)33-14-12-31(2)13-15-33/h4-7,18,21-22,27H,3,8-17H2,1-2H3,(H,28,30). The fraction of sp³-hybridized carbons (Fsp3) is 0.577. The third kappa shape index (κ3) is 5.58. The Kier molecular flexibility index (Phi) is 7.46. The quantitative estimate of drug-likeness (QED) is 0.553. The van der Waals surface area contributed by atoms with E-state index < -0.39 is 0 Å². The Balaban J connectivity index is 1.21. The Morgan fingerprint density at radius 3 is 2.37 bits per heavy atom. The van der Waals surface area contributed by atoms with E-state index in [1.54, 1.807) is 0 Å². The molecule has 5 rings (SSSR count). The highest BCUT2D eigenvalue weighted by Crippen LogP contribution is 2.27. The van der Waals surface area contributed by atoms with Crippen LogP contribution in [0.5, 0.6) is 5.88 Å². The molecule has 1 aromatic heterocycles. The van der Waals surface area contributed by atoms with E-state index >= 15 is 0 Å². The van der Waals surface area contributed by atoms with Gasteiger partial charge in [-0.05, 0) is 50.6 Å². The highest BCUT2D eigenvalue weighted by atomic mass is 16.5. The molecule has 0 atom stereocenters. The molecule has 0 bridgehead atoms. The lowest BCUT2D eigenvalue weighted by atomic mass is 10.0. The highest BCUT2D eigenvalue weighted by molar-refractivity contribution is 5.82. The molecule has 3 aliphatic heterocycles. The van der Waals surface area contributed by atoms with Gasteiger partial charge >= 0.3 is 0 Å². The van der Waals surface area contributed by atoms with Crippen LogP contribution in [-0.2, 0) is 6.42 Å². The zero-order chi connectivity index (χ0) is 24.2. The molecule has 2 N–H and O–H groups in total. The Morgan fingerprint density at radius 1 is 1.06 bits per heavy atom. The predicted molar refractivity (Wildman–Crippen MR) is 138 cm³/mol. The highest BCUT2D eigenvalue weighted by Gasteiger charge is 2.27. The summed E-state index contributed by atoms with van der Waals surface area (Å²) >= 11 is 0. The first-order valence-electron chi connectivity index (χ1n) is 12.9. The third-order valence-electron chi connectivity index (χ3n) is 7.44. The second-order valence-corrected chi connectivity index (χ2v) is 9.81. The van der Waals surface area contributed by atoms with Crippen LogP contribution in [0.3, 0.4) is 0 Å². The number of aryl methyl sites for hydroxylation is 1. The number of likely N-dealkylation sites (N-methyl/N-ethyl adjacent to an activating group) is 1. The molecule has 3 fully saturated rings. The van der Waals surface area contributed by atoms with Crippen molar-refractivity contribution in [3.63, 3.8) is 0 Å². The van der Waals surface area contributed by atoms with Crippen molar-refractivity contribution in [1.29, 1.82) is 0 Å². The Morgan fingerprint density at radius 2 is 1.77 bits per heavy atom. The lowest BCUT2D eigenvalue weighted by Crippen LogP contribution is -2.52. The van der Waals surface area contributed by atoms with Crippen molar-refractivity contribution >= 4 is 23.5 Å². The number of ether oxygens (including phenoxy) is 1. The molecular formula is C26H37N7O2. The van der Waals surface area contributed by atoms with E-state index in [4.69, 9.17) is 4.74 Å². The molecule has 0 aliphatic carbocycles. The van der Waals surface area contributed by atoms with Crippen molar-refractivity contribution in [1.82, 2.24) is 25.1 Å². The second kappa shape index (κ2) is 10.9. The summed E-state index contributed by atoms with van der Waals surface area (Å²) in [5.41, 5.74) is 3.12. The Bertz CT molecular complexity index is 996. The molecule has 3 aliphatic rings. The lowest BCUT2D eigenvalue weighted by Gasteiger charge is -2.42. The average molecular weight is 480 g/mol. The molecule has 4 heterocycles. The summed E-state index contributed by atoms with van der Waals surface area (Å²) in [4.78, 5) is 28.4. The molecule has 0 unspecified atom stereocenters. The predicted octanol–water partition coefficient (Wildman–Crippen LogP) is 2.16. The van der Waals surface area contributed by atoms with Gasteiger partial charge in [-0.2, -0.15) is 4.98 Å². The third-order valence-corrected chi connectivity index (χ3v) is 7.44. The molecule has 0 radical (unpaired) electrons. The topological polar surface area (TPSA) is 85.9 Å². The van der Waals surface area contributed by atoms with Crippen LogP contribution >= 0.6 is 0 Å². The number of benzene rings is 1. The Labute approximate surface area is 207 Å². The first-order chi connectivity index (χ1) is 17.1. The minimum absolute atomic E-state index is 0.101. The van der Waals surface area contributed by atoms with E-state index in [9.17, 15) is 4.79 Å². The molecule has 0 amide bonds. The van der Waals surface area contributed by atoms with Gasteiger partial charge in [-0.1, -0.05) is 6.92 Å². The molecule has 9 nitrogen and oxygen atoms in total. The van der Waals surface area contributed by atoms with Gasteiger partial charge < -0.3 is 25.2 Å². The molecule has 0 saturated carbocycles. The smallest absolute Gasteiger partial charge is 0.238 e. The number of nitrogens with zero attached hydrogens (tertiary/aromatic N) is 5. The van der Waals surface area contributed by atoms with E-state index in [0.717, 1.165) is 38.2 Å². The number of hydrogen-bond donors (Lipinski definition) is 2. The fourth-order valence-corrected chi connectivity index (χ4v) is 5.04. The summed E-state index contributed by atoms with van der Waals surface area (Å²) in [5.74, 6) is 0.937. The molecule has 35 heavy (non-hydrogen) atoms. The van der Waals surface area contributed by atoms with Crippen molar-refractivity contribution < 1.29 is 9.53 Å². The van der Waals surface area contributed by atoms with Crippen molar-refractivity contribution in [3.05, 3.63) is 35.7 Å². The van der Waals surface area contributed by atoms with Crippen molar-refractivity contribution in [2.75, 3.05) is 69.6 Å². The monoisotopic (exact) mass is 479 g/mol. The summed E-state index contributed by atoms with van der Waals surface area (Å²) < 4.78 is 6.00. The minimum Gasteiger partial charge on any atom is -0.470 e. The SMILES string of the molecule is CCc1nc(C=O)c(Nc2ccc(N3CCC(N4CCN(C)CC4)CC3)cc2)nc1OC1CNC1. The van der Waals surface area contributed by atoms with Crippen molar-refractivity contribution in [2.45, 2.75) is 38.3 Å². The van der Waals surface area contributed by atoms with Gasteiger partial charge in [-0.15, -0.1) is 0 Å². The second-order valence-electron chi connectivity index (χ2n) is 9.81. The van der Waals surface area contributed by atoms with Crippen LogP contribution in [0.15, 0.2) is 24.3 Å². The van der Waals surface area contributed by atoms with Crippen LogP contribution in [0.25, 0.3) is 0 Å². The van der Waals surface area contributed by atoms with Gasteiger partial charge in [0, 0.05) is 69.8 Å². The van der Waals surface area contributed by atoms with Crippen LogP contribution in [0.4, 0.5) is 17.2 Å². The molecule has 3 saturated heterocycles. The van der Waals surface area contributed by atoms with E-state index in [1.165, 1.54) is 44.7 Å². The maximum Gasteiger partial charge on any atom is 0.238 e. The van der Waals surface area contributed by atoms with Gasteiger partial charge in [0.05, 0.1) is 0 Å². The van der Waals surface area contributed by atoms with Crippen molar-refractivity contribution in [3.8, 4) is 5.88 Å². The number of carbonyl (C=O) groups is 1. The molecule has 2 aromatic rings. The number of aromatic nitrogens is 2. The van der Waals surface area contributed by atoms with Crippen LogP contribution in [0, 0.1) is 0 Å². The van der Waals surface area contributed by atoms with Gasteiger partial charge in [-0.3, -0.25) is 9.69 Å². The first kappa shape index (κ1) is 24.0. The minimum atomic E-state index is 0.101. The maximum absolute atomic E-state index is 11.7. The van der Waals surface area contributed by atoms with Gasteiger partial charge in [0.1, 0.15) is 17.5 Å². The molecule has 1 aromatic carbocycles. The lowest BCUT2D eigenvalue weighted by molar-refractivity contribution is 0.0982. The molecule has 0 spiro atoms. The summed E-state index contributed by atoms with van der Waals surface area (Å²) in [5, 5.41) is 6.47. The van der Waals surface area contributed by atoms with Gasteiger partial charge in [-0.25, -0.2) is 4.98 Å². The number of anilines is 3. The van der Waals surface area contributed by atoms with E-state index in [2.05, 4.69) is 54.5 Å². The molecule has 188 valence electrons. The van der Waals surface area contributed by atoms with Gasteiger partial charge in [0.2, 0.25) is 5.88 Å². The van der Waals surface area contributed by atoms with Crippen molar-refractivity contribution in [2.24, 2.45) is 0 Å². The number of carbonyl (C=O) groups excluding carboxylic acids is 1. The van der Waals surface area contributed by atoms with E-state index in [-0.39, 0.29) is 6.10 Å². The largest absolute Gasteiger partial charge is 0.470 e. The fourth-order valence-electron chi connectivity index (χ4n) is 5.04. The zero-order valence-electron chi connectivity index (χ0n) is 20.9. The number of piperidine rings is 1. The summed E-state index contributed by atoms with van der Waals surface area (Å²) in [6.07, 6.45) is 3.94.